The smallest absolute Gasteiger partial charge is 0.306 e. The second kappa shape index (κ2) is 4.32. The highest BCUT2D eigenvalue weighted by Crippen LogP contribution is 2.40. The quantitative estimate of drug-likeness (QED) is 0.734. The van der Waals surface area contributed by atoms with Gasteiger partial charge in [0, 0.05) is 23.9 Å². The number of hydrogen-bond acceptors (Lipinski definition) is 2. The van der Waals surface area contributed by atoms with E-state index in [1.807, 2.05) is 0 Å². The van der Waals surface area contributed by atoms with Gasteiger partial charge < -0.3 is 9.30 Å². The van der Waals surface area contributed by atoms with E-state index in [4.69, 9.17) is 4.74 Å². The molecule has 1 unspecified atom stereocenters. The van der Waals surface area contributed by atoms with Crippen molar-refractivity contribution in [2.45, 2.75) is 44.6 Å². The van der Waals surface area contributed by atoms with Crippen LogP contribution in [0.1, 0.15) is 38.3 Å². The summed E-state index contributed by atoms with van der Waals surface area (Å²) in [5.74, 6) is -0.100. The van der Waals surface area contributed by atoms with E-state index in [2.05, 4.69) is 29.8 Å². The van der Waals surface area contributed by atoms with Crippen LogP contribution in [0.2, 0.25) is 0 Å². The van der Waals surface area contributed by atoms with Crippen LogP contribution >= 0.6 is 0 Å². The second-order valence-electron chi connectivity index (χ2n) is 4.58. The number of aryl methyl sites for hydroxylation is 1. The Morgan fingerprint density at radius 1 is 1.62 bits per heavy atom. The van der Waals surface area contributed by atoms with Gasteiger partial charge in [-0.2, -0.15) is 0 Å². The summed E-state index contributed by atoms with van der Waals surface area (Å²) in [5, 5.41) is 0. The predicted octanol–water partition coefficient (Wildman–Crippen LogP) is 2.49. The molecule has 1 aromatic rings. The Balaban J connectivity index is 2.32. The second-order valence-corrected chi connectivity index (χ2v) is 4.58. The molecular weight excluding hydrogens is 202 g/mol. The topological polar surface area (TPSA) is 31.2 Å². The van der Waals surface area contributed by atoms with Crippen molar-refractivity contribution in [3.8, 4) is 0 Å². The van der Waals surface area contributed by atoms with E-state index in [0.29, 0.717) is 6.42 Å². The summed E-state index contributed by atoms with van der Waals surface area (Å²) >= 11 is 0. The molecule has 16 heavy (non-hydrogen) atoms. The summed E-state index contributed by atoms with van der Waals surface area (Å²) in [6.07, 6.45) is 5.83. The summed E-state index contributed by atoms with van der Waals surface area (Å²) in [5.41, 5.74) is 1.29. The lowest BCUT2D eigenvalue weighted by atomic mass is 9.73. The molecule has 0 radical (unpaired) electrons. The number of rotatable bonds is 3. The first-order chi connectivity index (χ1) is 7.72. The predicted molar refractivity (Wildman–Crippen MR) is 62.3 cm³/mol. The van der Waals surface area contributed by atoms with Gasteiger partial charge in [-0.05, 0) is 31.4 Å². The number of carbonyl (C=O) groups excluding carboxylic acids is 1. The molecular formula is C13H19NO2. The minimum atomic E-state index is -0.100. The lowest BCUT2D eigenvalue weighted by molar-refractivity contribution is -0.142. The average molecular weight is 221 g/mol. The fourth-order valence-corrected chi connectivity index (χ4v) is 2.82. The average Bonchev–Trinajstić information content (AvgIpc) is 2.78. The molecule has 0 fully saturated rings. The summed E-state index contributed by atoms with van der Waals surface area (Å²) in [7, 11) is 1.47. The molecule has 3 nitrogen and oxygen atoms in total. The molecule has 0 N–H and O–H groups in total. The highest BCUT2D eigenvalue weighted by Gasteiger charge is 2.37. The van der Waals surface area contributed by atoms with Crippen LogP contribution in [-0.4, -0.2) is 17.6 Å². The van der Waals surface area contributed by atoms with Gasteiger partial charge in [0.2, 0.25) is 0 Å². The summed E-state index contributed by atoms with van der Waals surface area (Å²) in [6.45, 7) is 3.23. The van der Waals surface area contributed by atoms with E-state index in [0.717, 1.165) is 25.8 Å². The highest BCUT2D eigenvalue weighted by molar-refractivity contribution is 5.71. The molecule has 1 aliphatic rings. The van der Waals surface area contributed by atoms with Crippen molar-refractivity contribution in [1.29, 1.82) is 0 Å². The normalized spacial score (nSPS) is 23.9. The molecule has 0 amide bonds. The van der Waals surface area contributed by atoms with Crippen molar-refractivity contribution in [3.05, 3.63) is 24.0 Å². The number of esters is 1. The zero-order valence-corrected chi connectivity index (χ0v) is 10.0. The van der Waals surface area contributed by atoms with E-state index in [9.17, 15) is 4.79 Å². The standard InChI is InChI=1S/C13H19NO2/c1-3-13(10-12(15)16-2)7-5-9-14-8-4-6-11(13)14/h4,6,8H,3,5,7,9-10H2,1-2H3. The van der Waals surface area contributed by atoms with Crippen LogP contribution in [0.5, 0.6) is 0 Å². The van der Waals surface area contributed by atoms with Gasteiger partial charge in [-0.25, -0.2) is 0 Å². The summed E-state index contributed by atoms with van der Waals surface area (Å²) in [6, 6.07) is 4.22. The first-order valence-electron chi connectivity index (χ1n) is 5.94. The van der Waals surface area contributed by atoms with Gasteiger partial charge >= 0.3 is 5.97 Å². The molecule has 1 aliphatic heterocycles. The summed E-state index contributed by atoms with van der Waals surface area (Å²) in [4.78, 5) is 11.5. The van der Waals surface area contributed by atoms with Gasteiger partial charge in [-0.1, -0.05) is 6.92 Å². The largest absolute Gasteiger partial charge is 0.469 e. The maximum Gasteiger partial charge on any atom is 0.306 e. The SMILES string of the molecule is CCC1(CC(=O)OC)CCCn2cccc21. The van der Waals surface area contributed by atoms with Crippen LogP contribution in [0, 0.1) is 0 Å². The monoisotopic (exact) mass is 221 g/mol. The molecule has 0 aromatic carbocycles. The molecule has 0 saturated carbocycles. The van der Waals surface area contributed by atoms with Gasteiger partial charge in [-0.15, -0.1) is 0 Å². The number of hydrogen-bond donors (Lipinski definition) is 0. The molecule has 88 valence electrons. The number of fused-ring (bicyclic) bond motifs is 1. The van der Waals surface area contributed by atoms with E-state index in [-0.39, 0.29) is 11.4 Å². The fraction of sp³-hybridized carbons (Fsp3) is 0.615. The fourth-order valence-electron chi connectivity index (χ4n) is 2.82. The lowest BCUT2D eigenvalue weighted by Gasteiger charge is -2.37. The molecule has 2 heterocycles. The van der Waals surface area contributed by atoms with Crippen LogP contribution in [0.15, 0.2) is 18.3 Å². The maximum atomic E-state index is 11.5. The van der Waals surface area contributed by atoms with Crippen molar-refractivity contribution in [3.63, 3.8) is 0 Å². The van der Waals surface area contributed by atoms with Crippen molar-refractivity contribution in [2.75, 3.05) is 7.11 Å². The molecule has 0 bridgehead atoms. The number of nitrogens with zero attached hydrogens (tertiary/aromatic N) is 1. The lowest BCUT2D eigenvalue weighted by Crippen LogP contribution is -2.35. The Morgan fingerprint density at radius 2 is 2.44 bits per heavy atom. The third-order valence-electron chi connectivity index (χ3n) is 3.81. The van der Waals surface area contributed by atoms with E-state index < -0.39 is 0 Å². The number of ether oxygens (including phenoxy) is 1. The van der Waals surface area contributed by atoms with Gasteiger partial charge in [0.15, 0.2) is 0 Å². The Labute approximate surface area is 96.4 Å². The van der Waals surface area contributed by atoms with Crippen LogP contribution in [-0.2, 0) is 21.5 Å². The molecule has 1 aromatic heterocycles. The maximum absolute atomic E-state index is 11.5. The van der Waals surface area contributed by atoms with Crippen LogP contribution in [0.4, 0.5) is 0 Å². The Bertz CT molecular complexity index is 383. The van der Waals surface area contributed by atoms with E-state index in [1.54, 1.807) is 0 Å². The first-order valence-corrected chi connectivity index (χ1v) is 5.94. The van der Waals surface area contributed by atoms with Gasteiger partial charge in [0.1, 0.15) is 0 Å². The third-order valence-corrected chi connectivity index (χ3v) is 3.81. The zero-order valence-electron chi connectivity index (χ0n) is 10.0. The molecule has 0 saturated heterocycles. The number of aromatic nitrogens is 1. The Hall–Kier alpha value is -1.25. The Kier molecular flexibility index (Phi) is 3.03. The molecule has 2 rings (SSSR count). The first kappa shape index (κ1) is 11.2. The van der Waals surface area contributed by atoms with Crippen molar-refractivity contribution in [1.82, 2.24) is 4.57 Å². The Morgan fingerprint density at radius 3 is 3.12 bits per heavy atom. The van der Waals surface area contributed by atoms with Gasteiger partial charge in [-0.3, -0.25) is 4.79 Å². The van der Waals surface area contributed by atoms with E-state index >= 15 is 0 Å². The molecule has 0 spiro atoms. The molecule has 0 aliphatic carbocycles. The van der Waals surface area contributed by atoms with Crippen molar-refractivity contribution in [2.24, 2.45) is 0 Å². The molecule has 3 heteroatoms. The van der Waals surface area contributed by atoms with E-state index in [1.165, 1.54) is 12.8 Å². The van der Waals surface area contributed by atoms with Gasteiger partial charge in [0.25, 0.3) is 0 Å². The minimum absolute atomic E-state index is 0.00512. The van der Waals surface area contributed by atoms with Crippen molar-refractivity contribution >= 4 is 5.97 Å². The van der Waals surface area contributed by atoms with Crippen molar-refractivity contribution < 1.29 is 9.53 Å². The van der Waals surface area contributed by atoms with Crippen LogP contribution in [0.3, 0.4) is 0 Å². The number of methoxy groups -OCH3 is 1. The minimum Gasteiger partial charge on any atom is -0.469 e. The zero-order chi connectivity index (χ0) is 11.6. The third kappa shape index (κ3) is 1.75. The highest BCUT2D eigenvalue weighted by atomic mass is 16.5. The summed E-state index contributed by atoms with van der Waals surface area (Å²) < 4.78 is 7.10. The van der Waals surface area contributed by atoms with Crippen LogP contribution in [0.25, 0.3) is 0 Å². The van der Waals surface area contributed by atoms with Crippen LogP contribution < -0.4 is 0 Å². The molecule has 1 atom stereocenters. The van der Waals surface area contributed by atoms with Gasteiger partial charge in [0.05, 0.1) is 13.5 Å². The number of carbonyl (C=O) groups is 1.